The van der Waals surface area contributed by atoms with Crippen LogP contribution in [0.5, 0.6) is 5.75 Å². The minimum atomic E-state index is -0.564. The molecule has 9 nitrogen and oxygen atoms in total. The molecule has 0 spiro atoms. The Kier molecular flexibility index (Phi) is 8.39. The van der Waals surface area contributed by atoms with Crippen LogP contribution in [0.2, 0.25) is 0 Å². The van der Waals surface area contributed by atoms with Crippen LogP contribution in [0, 0.1) is 0 Å². The Balaban J connectivity index is 1.47. The molecule has 1 aliphatic rings. The highest BCUT2D eigenvalue weighted by molar-refractivity contribution is 8.26. The van der Waals surface area contributed by atoms with Gasteiger partial charge in [-0.1, -0.05) is 42.2 Å². The Morgan fingerprint density at radius 1 is 1.12 bits per heavy atom. The average molecular weight is 500 g/mol. The minimum absolute atomic E-state index is 0.0604. The lowest BCUT2D eigenvalue weighted by atomic mass is 10.1. The van der Waals surface area contributed by atoms with E-state index in [4.69, 9.17) is 12.2 Å². The molecule has 1 fully saturated rings. The van der Waals surface area contributed by atoms with Gasteiger partial charge < -0.3 is 9.84 Å². The van der Waals surface area contributed by atoms with Gasteiger partial charge in [0.25, 0.3) is 11.8 Å². The number of nitrogens with one attached hydrogen (secondary N) is 2. The summed E-state index contributed by atoms with van der Waals surface area (Å²) in [5, 5.41) is 9.41. The normalized spacial score (nSPS) is 14.3. The number of esters is 1. The lowest BCUT2D eigenvalue weighted by molar-refractivity contribution is -0.124. The SMILES string of the molecule is COC(=O)c1ccc(/C=C2\SC(=S)N(CCCC(=O)NNC(=O)c3cccc(O)c3)C2=O)cc1. The van der Waals surface area contributed by atoms with Crippen LogP contribution in [0.4, 0.5) is 0 Å². The number of methoxy groups -OCH3 is 1. The van der Waals surface area contributed by atoms with Gasteiger partial charge in [-0.25, -0.2) is 4.79 Å². The van der Waals surface area contributed by atoms with E-state index in [1.54, 1.807) is 30.3 Å². The van der Waals surface area contributed by atoms with Crippen molar-refractivity contribution in [2.24, 2.45) is 0 Å². The van der Waals surface area contributed by atoms with E-state index < -0.39 is 17.8 Å². The Bertz CT molecular complexity index is 1160. The maximum atomic E-state index is 12.7. The molecule has 3 N–H and O–H groups in total. The second-order valence-electron chi connectivity index (χ2n) is 7.10. The van der Waals surface area contributed by atoms with E-state index in [2.05, 4.69) is 15.6 Å². The number of phenols is 1. The monoisotopic (exact) mass is 499 g/mol. The van der Waals surface area contributed by atoms with Gasteiger partial charge in [-0.3, -0.25) is 30.1 Å². The summed E-state index contributed by atoms with van der Waals surface area (Å²) in [5.41, 5.74) is 5.91. The third-order valence-electron chi connectivity index (χ3n) is 4.71. The Morgan fingerprint density at radius 3 is 2.53 bits per heavy atom. The van der Waals surface area contributed by atoms with Crippen LogP contribution >= 0.6 is 24.0 Å². The van der Waals surface area contributed by atoms with Crippen molar-refractivity contribution < 1.29 is 29.0 Å². The molecule has 34 heavy (non-hydrogen) atoms. The Hall–Kier alpha value is -3.70. The number of thiocarbonyl (C=S) groups is 1. The molecule has 11 heteroatoms. The van der Waals surface area contributed by atoms with Crippen LogP contribution in [0.25, 0.3) is 6.08 Å². The minimum Gasteiger partial charge on any atom is -0.508 e. The van der Waals surface area contributed by atoms with Gasteiger partial charge in [0.1, 0.15) is 10.1 Å². The zero-order valence-corrected chi connectivity index (χ0v) is 19.7. The predicted octanol–water partition coefficient (Wildman–Crippen LogP) is 2.62. The zero-order valence-electron chi connectivity index (χ0n) is 18.1. The fourth-order valence-corrected chi connectivity index (χ4v) is 4.29. The van der Waals surface area contributed by atoms with Crippen LogP contribution in [-0.4, -0.2) is 51.7 Å². The number of hydrogen-bond donors (Lipinski definition) is 3. The maximum Gasteiger partial charge on any atom is 0.337 e. The van der Waals surface area contributed by atoms with Gasteiger partial charge in [0.15, 0.2) is 0 Å². The highest BCUT2D eigenvalue weighted by Gasteiger charge is 2.31. The average Bonchev–Trinajstić information content (AvgIpc) is 3.09. The quantitative estimate of drug-likeness (QED) is 0.230. The molecule has 0 aromatic heterocycles. The smallest absolute Gasteiger partial charge is 0.337 e. The first-order valence-electron chi connectivity index (χ1n) is 10.1. The number of rotatable bonds is 7. The summed E-state index contributed by atoms with van der Waals surface area (Å²) in [6.07, 6.45) is 2.08. The van der Waals surface area contributed by atoms with Crippen LogP contribution in [0.1, 0.15) is 39.1 Å². The van der Waals surface area contributed by atoms with Crippen molar-refractivity contribution in [1.82, 2.24) is 15.8 Å². The number of aromatic hydroxyl groups is 1. The number of nitrogens with zero attached hydrogens (tertiary/aromatic N) is 1. The third kappa shape index (κ3) is 6.42. The first kappa shape index (κ1) is 24.9. The van der Waals surface area contributed by atoms with Crippen molar-refractivity contribution in [3.05, 3.63) is 70.1 Å². The van der Waals surface area contributed by atoms with Crippen molar-refractivity contribution in [1.29, 1.82) is 0 Å². The highest BCUT2D eigenvalue weighted by Crippen LogP contribution is 2.32. The number of carbonyl (C=O) groups is 4. The number of phenolic OH excluding ortho intramolecular Hbond substituents is 1. The van der Waals surface area contributed by atoms with E-state index in [0.717, 1.165) is 17.3 Å². The fourth-order valence-electron chi connectivity index (χ4n) is 2.98. The molecule has 0 radical (unpaired) electrons. The van der Waals surface area contributed by atoms with Crippen LogP contribution < -0.4 is 10.9 Å². The largest absolute Gasteiger partial charge is 0.508 e. The van der Waals surface area contributed by atoms with Gasteiger partial charge in [-0.05, 0) is 48.4 Å². The molecule has 3 amide bonds. The lowest BCUT2D eigenvalue weighted by Crippen LogP contribution is -2.41. The zero-order chi connectivity index (χ0) is 24.7. The summed E-state index contributed by atoms with van der Waals surface area (Å²) < 4.78 is 5.05. The molecule has 0 unspecified atom stereocenters. The molecule has 0 saturated carbocycles. The van der Waals surface area contributed by atoms with Crippen LogP contribution in [0.3, 0.4) is 0 Å². The summed E-state index contributed by atoms with van der Waals surface area (Å²) >= 11 is 6.46. The molecule has 1 heterocycles. The standard InChI is InChI=1S/C23H21N3O6S2/c1-32-22(31)15-9-7-14(8-10-15)12-18-21(30)26(23(33)34-18)11-3-6-19(28)24-25-20(29)16-4-2-5-17(27)13-16/h2,4-5,7-10,12-13,27H,3,6,11H2,1H3,(H,24,28)(H,25,29)/b18-12-. The number of carbonyl (C=O) groups excluding carboxylic acids is 4. The van der Waals surface area contributed by atoms with Crippen LogP contribution in [-0.2, 0) is 14.3 Å². The fraction of sp³-hybridized carbons (Fsp3) is 0.174. The Labute approximate surface area is 205 Å². The predicted molar refractivity (Wildman–Crippen MR) is 131 cm³/mol. The van der Waals surface area contributed by atoms with E-state index in [9.17, 15) is 24.3 Å². The first-order valence-corrected chi connectivity index (χ1v) is 11.3. The van der Waals surface area contributed by atoms with Gasteiger partial charge in [-0.15, -0.1) is 0 Å². The van der Waals surface area contributed by atoms with Crippen molar-refractivity contribution >= 4 is 58.1 Å². The lowest BCUT2D eigenvalue weighted by Gasteiger charge is -2.14. The molecule has 0 atom stereocenters. The van der Waals surface area contributed by atoms with Crippen molar-refractivity contribution in [3.8, 4) is 5.75 Å². The number of benzene rings is 2. The van der Waals surface area contributed by atoms with Gasteiger partial charge in [0.2, 0.25) is 5.91 Å². The summed E-state index contributed by atoms with van der Waals surface area (Å²) in [4.78, 5) is 50.1. The molecule has 2 aromatic rings. The number of hydrogen-bond acceptors (Lipinski definition) is 8. The second-order valence-corrected chi connectivity index (χ2v) is 8.78. The Morgan fingerprint density at radius 2 is 1.85 bits per heavy atom. The third-order valence-corrected chi connectivity index (χ3v) is 6.09. The van der Waals surface area contributed by atoms with E-state index in [1.165, 1.54) is 36.3 Å². The van der Waals surface area contributed by atoms with E-state index in [-0.39, 0.29) is 30.2 Å². The first-order chi connectivity index (χ1) is 16.3. The topological polar surface area (TPSA) is 125 Å². The molecular formula is C23H21N3O6S2. The summed E-state index contributed by atoms with van der Waals surface area (Å²) in [5.74, 6) is -1.76. The summed E-state index contributed by atoms with van der Waals surface area (Å²) in [7, 11) is 1.30. The second kappa shape index (κ2) is 11.4. The van der Waals surface area contributed by atoms with Crippen molar-refractivity contribution in [3.63, 3.8) is 0 Å². The van der Waals surface area contributed by atoms with Crippen molar-refractivity contribution in [2.75, 3.05) is 13.7 Å². The van der Waals surface area contributed by atoms with Gasteiger partial charge in [0.05, 0.1) is 17.6 Å². The molecule has 1 saturated heterocycles. The molecule has 3 rings (SSSR count). The van der Waals surface area contributed by atoms with E-state index in [0.29, 0.717) is 21.2 Å². The van der Waals surface area contributed by atoms with Crippen molar-refractivity contribution in [2.45, 2.75) is 12.8 Å². The molecule has 1 aliphatic heterocycles. The van der Waals surface area contributed by atoms with E-state index >= 15 is 0 Å². The molecule has 0 bridgehead atoms. The number of hydrazine groups is 1. The molecule has 2 aromatic carbocycles. The molecule has 0 aliphatic carbocycles. The molecular weight excluding hydrogens is 478 g/mol. The number of ether oxygens (including phenoxy) is 1. The van der Waals surface area contributed by atoms with Crippen LogP contribution in [0.15, 0.2) is 53.4 Å². The summed E-state index contributed by atoms with van der Waals surface area (Å²) in [6, 6.07) is 12.3. The van der Waals surface area contributed by atoms with E-state index in [1.807, 2.05) is 0 Å². The molecule has 176 valence electrons. The summed E-state index contributed by atoms with van der Waals surface area (Å²) in [6.45, 7) is 0.247. The van der Waals surface area contributed by atoms with Gasteiger partial charge in [0, 0.05) is 18.5 Å². The van der Waals surface area contributed by atoms with Gasteiger partial charge in [-0.2, -0.15) is 0 Å². The van der Waals surface area contributed by atoms with Gasteiger partial charge >= 0.3 is 5.97 Å². The highest BCUT2D eigenvalue weighted by atomic mass is 32.2. The number of thioether (sulfide) groups is 1. The number of amides is 3. The maximum absolute atomic E-state index is 12.7.